The van der Waals surface area contributed by atoms with Crippen LogP contribution in [0.2, 0.25) is 0 Å². The van der Waals surface area contributed by atoms with E-state index in [-0.39, 0.29) is 12.5 Å². The zero-order valence-electron chi connectivity index (χ0n) is 15.4. The Labute approximate surface area is 159 Å². The average molecular weight is 374 g/mol. The smallest absolute Gasteiger partial charge is 0.339 e. The van der Waals surface area contributed by atoms with E-state index in [2.05, 4.69) is 0 Å². The Hall–Kier alpha value is -2.33. The van der Waals surface area contributed by atoms with Gasteiger partial charge in [-0.05, 0) is 37.8 Å². The Morgan fingerprint density at radius 1 is 1.15 bits per heavy atom. The maximum Gasteiger partial charge on any atom is 0.339 e. The van der Waals surface area contributed by atoms with Crippen LogP contribution in [0.25, 0.3) is 0 Å². The minimum absolute atomic E-state index is 0.163. The summed E-state index contributed by atoms with van der Waals surface area (Å²) in [5, 5.41) is 0.550. The molecule has 5 heteroatoms. The normalized spacial score (nSPS) is 16.8. The molecule has 0 bridgehead atoms. The molecule has 26 heavy (non-hydrogen) atoms. The fourth-order valence-electron chi connectivity index (χ4n) is 2.85. The Balaban J connectivity index is 2.57. The number of hydrogen-bond acceptors (Lipinski definition) is 3. The number of esters is 1. The van der Waals surface area contributed by atoms with Crippen LogP contribution in [-0.4, -0.2) is 23.4 Å². The number of amides is 1. The van der Waals surface area contributed by atoms with E-state index in [1.165, 1.54) is 6.92 Å². The molecule has 0 atom stereocenters. The molecule has 0 saturated heterocycles. The number of benzene rings is 1. The zero-order valence-corrected chi connectivity index (χ0v) is 16.2. The average Bonchev–Trinajstić information content (AvgIpc) is 2.62. The van der Waals surface area contributed by atoms with E-state index in [9.17, 15) is 9.59 Å². The fourth-order valence-corrected chi connectivity index (χ4v) is 3.05. The molecule has 0 spiro atoms. The summed E-state index contributed by atoms with van der Waals surface area (Å²) < 4.78 is 5.23. The van der Waals surface area contributed by atoms with Crippen molar-refractivity contribution < 1.29 is 14.3 Å². The van der Waals surface area contributed by atoms with Gasteiger partial charge in [-0.25, -0.2) is 4.79 Å². The number of allylic oxidation sites excluding steroid dienone is 4. The van der Waals surface area contributed by atoms with Crippen molar-refractivity contribution in [3.63, 3.8) is 0 Å². The van der Waals surface area contributed by atoms with E-state index in [0.717, 1.165) is 12.0 Å². The number of halogens is 1. The highest BCUT2D eigenvalue weighted by Gasteiger charge is 2.27. The van der Waals surface area contributed by atoms with Crippen LogP contribution < -0.4 is 0 Å². The first-order chi connectivity index (χ1) is 12.5. The lowest BCUT2D eigenvalue weighted by Gasteiger charge is -2.28. The lowest BCUT2D eigenvalue weighted by atomic mass is 10.00. The topological polar surface area (TPSA) is 46.6 Å². The second kappa shape index (κ2) is 9.39. The van der Waals surface area contributed by atoms with Gasteiger partial charge in [0.15, 0.2) is 0 Å². The van der Waals surface area contributed by atoms with Gasteiger partial charge in [0, 0.05) is 12.0 Å². The van der Waals surface area contributed by atoms with E-state index in [0.29, 0.717) is 34.8 Å². The van der Waals surface area contributed by atoms with Gasteiger partial charge >= 0.3 is 5.97 Å². The molecule has 0 saturated carbocycles. The molecule has 138 valence electrons. The number of carbonyl (C=O) groups is 2. The third-order valence-electron chi connectivity index (χ3n) is 4.14. The molecule has 0 radical (unpaired) electrons. The molecule has 1 aliphatic carbocycles. The number of carbonyl (C=O) groups excluding carboxylic acids is 2. The second-order valence-electron chi connectivity index (χ2n) is 6.03. The Morgan fingerprint density at radius 2 is 1.81 bits per heavy atom. The van der Waals surface area contributed by atoms with Crippen molar-refractivity contribution in [2.24, 2.45) is 0 Å². The zero-order chi connectivity index (χ0) is 19.1. The van der Waals surface area contributed by atoms with Crippen molar-refractivity contribution in [2.75, 3.05) is 6.61 Å². The van der Waals surface area contributed by atoms with Gasteiger partial charge in [0.2, 0.25) is 5.91 Å². The molecule has 1 aliphatic rings. The van der Waals surface area contributed by atoms with Crippen LogP contribution in [0.5, 0.6) is 0 Å². The van der Waals surface area contributed by atoms with E-state index in [4.69, 9.17) is 16.3 Å². The summed E-state index contributed by atoms with van der Waals surface area (Å²) >= 11 is 6.42. The molecular formula is C21H24ClNO3. The molecule has 0 unspecified atom stereocenters. The number of ether oxygens (including phenoxy) is 1. The highest BCUT2D eigenvalue weighted by molar-refractivity contribution is 6.32. The van der Waals surface area contributed by atoms with Gasteiger partial charge in [-0.1, -0.05) is 54.1 Å². The molecule has 1 aromatic carbocycles. The maximum absolute atomic E-state index is 12.6. The van der Waals surface area contributed by atoms with Crippen LogP contribution >= 0.6 is 11.6 Å². The lowest BCUT2D eigenvalue weighted by Crippen LogP contribution is -2.32. The SMILES string of the molecule is CCOC(=O)C1=CCC/C=C(\Cl)C(C)=C1N(Cc1ccccc1)C(C)=O. The maximum atomic E-state index is 12.6. The van der Waals surface area contributed by atoms with E-state index in [1.54, 1.807) is 11.8 Å². The largest absolute Gasteiger partial charge is 0.462 e. The summed E-state index contributed by atoms with van der Waals surface area (Å²) in [6.07, 6.45) is 5.12. The molecule has 0 heterocycles. The summed E-state index contributed by atoms with van der Waals surface area (Å²) in [4.78, 5) is 26.6. The monoisotopic (exact) mass is 373 g/mol. The first-order valence-electron chi connectivity index (χ1n) is 8.72. The molecule has 4 nitrogen and oxygen atoms in total. The first kappa shape index (κ1) is 20.0. The summed E-state index contributed by atoms with van der Waals surface area (Å²) in [5.41, 5.74) is 2.56. The minimum Gasteiger partial charge on any atom is -0.462 e. The Bertz CT molecular complexity index is 763. The highest BCUT2D eigenvalue weighted by Crippen LogP contribution is 2.31. The van der Waals surface area contributed by atoms with Gasteiger partial charge in [0.1, 0.15) is 0 Å². The third kappa shape index (κ3) is 4.85. The van der Waals surface area contributed by atoms with E-state index in [1.807, 2.05) is 49.4 Å². The van der Waals surface area contributed by atoms with Crippen LogP contribution in [0.15, 0.2) is 64.4 Å². The summed E-state index contributed by atoms with van der Waals surface area (Å²) in [7, 11) is 0. The molecule has 2 rings (SSSR count). The van der Waals surface area contributed by atoms with Gasteiger partial charge < -0.3 is 9.64 Å². The van der Waals surface area contributed by atoms with Crippen molar-refractivity contribution in [2.45, 2.75) is 40.2 Å². The number of nitrogens with zero attached hydrogens (tertiary/aromatic N) is 1. The molecular weight excluding hydrogens is 350 g/mol. The van der Waals surface area contributed by atoms with Crippen molar-refractivity contribution in [3.8, 4) is 0 Å². The quantitative estimate of drug-likeness (QED) is 0.702. The minimum atomic E-state index is -0.437. The fraction of sp³-hybridized carbons (Fsp3) is 0.333. The van der Waals surface area contributed by atoms with E-state index < -0.39 is 5.97 Å². The summed E-state index contributed by atoms with van der Waals surface area (Å²) in [6.45, 7) is 5.70. The van der Waals surface area contributed by atoms with Crippen molar-refractivity contribution in [1.29, 1.82) is 0 Å². The van der Waals surface area contributed by atoms with Crippen LogP contribution in [0, 0.1) is 0 Å². The molecule has 1 amide bonds. The molecule has 0 aromatic heterocycles. The van der Waals surface area contributed by atoms with Crippen LogP contribution in [0.4, 0.5) is 0 Å². The number of rotatable bonds is 5. The van der Waals surface area contributed by atoms with Crippen molar-refractivity contribution in [3.05, 3.63) is 69.9 Å². The lowest BCUT2D eigenvalue weighted by molar-refractivity contribution is -0.138. The molecule has 0 fully saturated rings. The number of hydrogen-bond donors (Lipinski definition) is 0. The third-order valence-corrected chi connectivity index (χ3v) is 4.57. The summed E-state index contributed by atoms with van der Waals surface area (Å²) in [6, 6.07) is 9.65. The Kier molecular flexibility index (Phi) is 7.22. The second-order valence-corrected chi connectivity index (χ2v) is 6.44. The molecule has 1 aromatic rings. The van der Waals surface area contributed by atoms with Gasteiger partial charge in [-0.2, -0.15) is 0 Å². The molecule has 0 aliphatic heterocycles. The van der Waals surface area contributed by atoms with Crippen LogP contribution in [0.1, 0.15) is 39.2 Å². The van der Waals surface area contributed by atoms with Crippen LogP contribution in [0.3, 0.4) is 0 Å². The van der Waals surface area contributed by atoms with Gasteiger partial charge in [-0.3, -0.25) is 4.79 Å². The predicted molar refractivity (Wildman–Crippen MR) is 103 cm³/mol. The van der Waals surface area contributed by atoms with E-state index >= 15 is 0 Å². The highest BCUT2D eigenvalue weighted by atomic mass is 35.5. The van der Waals surface area contributed by atoms with Gasteiger partial charge in [-0.15, -0.1) is 0 Å². The van der Waals surface area contributed by atoms with Gasteiger partial charge in [0.25, 0.3) is 0 Å². The standard InChI is InChI=1S/C21H24ClNO3/c1-4-26-21(25)18-12-8-9-13-19(22)15(2)20(18)23(16(3)24)14-17-10-6-5-7-11-17/h5-7,10-13H,4,8-9,14H2,1-3H3/b18-12?,19-13-,20-15?. The Morgan fingerprint density at radius 3 is 2.42 bits per heavy atom. The van der Waals surface area contributed by atoms with Crippen molar-refractivity contribution in [1.82, 2.24) is 4.90 Å². The van der Waals surface area contributed by atoms with Crippen LogP contribution in [-0.2, 0) is 20.9 Å². The summed E-state index contributed by atoms with van der Waals surface area (Å²) in [5.74, 6) is -0.601. The molecule has 0 N–H and O–H groups in total. The first-order valence-corrected chi connectivity index (χ1v) is 9.10. The predicted octanol–water partition coefficient (Wildman–Crippen LogP) is 4.72. The van der Waals surface area contributed by atoms with Gasteiger partial charge in [0.05, 0.1) is 24.4 Å². The van der Waals surface area contributed by atoms with Crippen molar-refractivity contribution >= 4 is 23.5 Å².